The third-order valence-corrected chi connectivity index (χ3v) is 2.81. The van der Waals surface area contributed by atoms with Gasteiger partial charge in [-0.05, 0) is 0 Å². The Morgan fingerprint density at radius 3 is 1.85 bits per heavy atom. The van der Waals surface area contributed by atoms with Crippen molar-refractivity contribution in [3.8, 4) is 5.75 Å². The van der Waals surface area contributed by atoms with Crippen molar-refractivity contribution in [2.24, 2.45) is 0 Å². The SMILES string of the molecule is CC(=O)SCCC(=O)Oc1c(F)c(F)c(F)c(F)c1F. The maximum Gasteiger partial charge on any atom is 0.312 e. The number of esters is 1. The standard InChI is InChI=1S/C11H7F5O3S/c1-4(17)20-3-2-5(18)19-11-9(15)7(13)6(12)8(14)10(11)16/h2-3H2,1H3. The minimum Gasteiger partial charge on any atom is -0.420 e. The van der Waals surface area contributed by atoms with E-state index in [1.807, 2.05) is 0 Å². The molecule has 0 unspecified atom stereocenters. The summed E-state index contributed by atoms with van der Waals surface area (Å²) in [5.41, 5.74) is 0. The molecule has 0 aromatic heterocycles. The molecule has 0 fully saturated rings. The molecule has 20 heavy (non-hydrogen) atoms. The van der Waals surface area contributed by atoms with E-state index in [-0.39, 0.29) is 10.9 Å². The van der Waals surface area contributed by atoms with Crippen molar-refractivity contribution < 1.29 is 36.3 Å². The molecule has 0 spiro atoms. The summed E-state index contributed by atoms with van der Waals surface area (Å²) in [4.78, 5) is 21.8. The lowest BCUT2D eigenvalue weighted by Crippen LogP contribution is -2.14. The molecule has 1 rings (SSSR count). The van der Waals surface area contributed by atoms with E-state index in [0.717, 1.165) is 11.8 Å². The van der Waals surface area contributed by atoms with Crippen LogP contribution in [-0.4, -0.2) is 16.8 Å². The first-order valence-corrected chi connectivity index (χ1v) is 6.09. The Kier molecular flexibility index (Phi) is 5.49. The van der Waals surface area contributed by atoms with E-state index in [9.17, 15) is 31.5 Å². The van der Waals surface area contributed by atoms with Crippen LogP contribution in [0.5, 0.6) is 5.75 Å². The van der Waals surface area contributed by atoms with Gasteiger partial charge in [0, 0.05) is 12.7 Å². The molecule has 0 amide bonds. The highest BCUT2D eigenvalue weighted by Gasteiger charge is 2.28. The Morgan fingerprint density at radius 1 is 0.950 bits per heavy atom. The lowest BCUT2D eigenvalue weighted by Gasteiger charge is -2.08. The normalized spacial score (nSPS) is 10.5. The Hall–Kier alpha value is -1.64. The first kappa shape index (κ1) is 16.4. The zero-order chi connectivity index (χ0) is 15.4. The van der Waals surface area contributed by atoms with Crippen LogP contribution in [0.4, 0.5) is 22.0 Å². The minimum absolute atomic E-state index is 0.0381. The summed E-state index contributed by atoms with van der Waals surface area (Å²) < 4.78 is 68.8. The second-order valence-electron chi connectivity index (χ2n) is 3.46. The smallest absolute Gasteiger partial charge is 0.312 e. The second-order valence-corrected chi connectivity index (χ2v) is 4.73. The number of carbonyl (C=O) groups is 2. The van der Waals surface area contributed by atoms with Gasteiger partial charge in [-0.1, -0.05) is 11.8 Å². The van der Waals surface area contributed by atoms with Crippen LogP contribution in [0, 0.1) is 29.1 Å². The van der Waals surface area contributed by atoms with E-state index in [1.54, 1.807) is 0 Å². The molecule has 0 radical (unpaired) electrons. The van der Waals surface area contributed by atoms with Crippen LogP contribution in [0.2, 0.25) is 0 Å². The van der Waals surface area contributed by atoms with Gasteiger partial charge in [-0.15, -0.1) is 0 Å². The van der Waals surface area contributed by atoms with Crippen LogP contribution in [-0.2, 0) is 9.59 Å². The van der Waals surface area contributed by atoms with Crippen LogP contribution in [0.15, 0.2) is 0 Å². The van der Waals surface area contributed by atoms with Gasteiger partial charge in [0.25, 0.3) is 0 Å². The summed E-state index contributed by atoms with van der Waals surface area (Å²) in [6.07, 6.45) is -0.427. The molecule has 0 N–H and O–H groups in total. The van der Waals surface area contributed by atoms with Crippen molar-refractivity contribution in [3.63, 3.8) is 0 Å². The maximum atomic E-state index is 13.2. The van der Waals surface area contributed by atoms with Gasteiger partial charge in [-0.3, -0.25) is 9.59 Å². The van der Waals surface area contributed by atoms with Gasteiger partial charge in [0.1, 0.15) is 0 Å². The molecule has 0 aliphatic rings. The number of carbonyl (C=O) groups excluding carboxylic acids is 2. The average molecular weight is 314 g/mol. The zero-order valence-corrected chi connectivity index (χ0v) is 10.8. The van der Waals surface area contributed by atoms with Gasteiger partial charge in [-0.2, -0.15) is 8.78 Å². The number of benzene rings is 1. The highest BCUT2D eigenvalue weighted by molar-refractivity contribution is 8.13. The summed E-state index contributed by atoms with van der Waals surface area (Å²) in [5, 5.41) is -0.297. The third-order valence-electron chi connectivity index (χ3n) is 2.00. The maximum absolute atomic E-state index is 13.2. The highest BCUT2D eigenvalue weighted by atomic mass is 32.2. The quantitative estimate of drug-likeness (QED) is 0.282. The zero-order valence-electron chi connectivity index (χ0n) is 9.94. The van der Waals surface area contributed by atoms with Gasteiger partial charge in [0.15, 0.2) is 5.12 Å². The van der Waals surface area contributed by atoms with E-state index in [0.29, 0.717) is 0 Å². The number of hydrogen-bond acceptors (Lipinski definition) is 4. The average Bonchev–Trinajstić information content (AvgIpc) is 2.39. The van der Waals surface area contributed by atoms with Gasteiger partial charge in [0.2, 0.25) is 34.8 Å². The predicted octanol–water partition coefficient (Wildman–Crippen LogP) is 2.96. The molecule has 0 atom stereocenters. The predicted molar refractivity (Wildman–Crippen MR) is 59.6 cm³/mol. The molecule has 1 aromatic rings. The molecule has 0 aliphatic heterocycles. The van der Waals surface area contributed by atoms with Crippen molar-refractivity contribution in [2.45, 2.75) is 13.3 Å². The Morgan fingerprint density at radius 2 is 1.40 bits per heavy atom. The fourth-order valence-corrected chi connectivity index (χ4v) is 1.67. The Labute approximate surface area is 114 Å². The first-order chi connectivity index (χ1) is 9.25. The highest BCUT2D eigenvalue weighted by Crippen LogP contribution is 2.29. The van der Waals surface area contributed by atoms with E-state index in [2.05, 4.69) is 4.74 Å². The number of ether oxygens (including phenoxy) is 1. The van der Waals surface area contributed by atoms with Crippen molar-refractivity contribution in [3.05, 3.63) is 29.1 Å². The van der Waals surface area contributed by atoms with E-state index >= 15 is 0 Å². The van der Waals surface area contributed by atoms with E-state index in [4.69, 9.17) is 0 Å². The van der Waals surface area contributed by atoms with Crippen molar-refractivity contribution in [1.29, 1.82) is 0 Å². The van der Waals surface area contributed by atoms with Crippen LogP contribution in [0.25, 0.3) is 0 Å². The van der Waals surface area contributed by atoms with E-state index in [1.165, 1.54) is 6.92 Å². The minimum atomic E-state index is -2.34. The summed E-state index contributed by atoms with van der Waals surface area (Å²) in [5.74, 6) is -14.1. The summed E-state index contributed by atoms with van der Waals surface area (Å²) >= 11 is 0.752. The molecule has 110 valence electrons. The molecule has 9 heteroatoms. The Balaban J connectivity index is 2.88. The van der Waals surface area contributed by atoms with Crippen molar-refractivity contribution in [2.75, 3.05) is 5.75 Å². The monoisotopic (exact) mass is 314 g/mol. The summed E-state index contributed by atoms with van der Waals surface area (Å²) in [7, 11) is 0. The summed E-state index contributed by atoms with van der Waals surface area (Å²) in [6.45, 7) is 1.24. The van der Waals surface area contributed by atoms with Gasteiger partial charge < -0.3 is 4.74 Å². The molecule has 0 heterocycles. The number of rotatable bonds is 4. The molecule has 0 bridgehead atoms. The van der Waals surface area contributed by atoms with Crippen molar-refractivity contribution in [1.82, 2.24) is 0 Å². The van der Waals surface area contributed by atoms with Crippen LogP contribution < -0.4 is 4.74 Å². The topological polar surface area (TPSA) is 43.4 Å². The van der Waals surface area contributed by atoms with E-state index < -0.39 is 47.2 Å². The molecule has 1 aromatic carbocycles. The van der Waals surface area contributed by atoms with Crippen LogP contribution >= 0.6 is 11.8 Å². The second kappa shape index (κ2) is 6.69. The molecule has 0 aliphatic carbocycles. The first-order valence-electron chi connectivity index (χ1n) is 5.11. The number of hydrogen-bond donors (Lipinski definition) is 0. The lowest BCUT2D eigenvalue weighted by atomic mass is 10.2. The fourth-order valence-electron chi connectivity index (χ4n) is 1.12. The van der Waals surface area contributed by atoms with Crippen LogP contribution in [0.1, 0.15) is 13.3 Å². The van der Waals surface area contributed by atoms with Crippen molar-refractivity contribution >= 4 is 22.8 Å². The van der Waals surface area contributed by atoms with Gasteiger partial charge in [0.05, 0.1) is 6.42 Å². The van der Waals surface area contributed by atoms with Crippen LogP contribution in [0.3, 0.4) is 0 Å². The largest absolute Gasteiger partial charge is 0.420 e. The molecule has 0 saturated carbocycles. The molecular formula is C11H7F5O3S. The third kappa shape index (κ3) is 3.69. The van der Waals surface area contributed by atoms with Gasteiger partial charge >= 0.3 is 5.97 Å². The Bertz CT molecular complexity index is 532. The number of thioether (sulfide) groups is 1. The summed E-state index contributed by atoms with van der Waals surface area (Å²) in [6, 6.07) is 0. The molecular weight excluding hydrogens is 307 g/mol. The molecule has 0 saturated heterocycles. The fraction of sp³-hybridized carbons (Fsp3) is 0.273. The van der Waals surface area contributed by atoms with Gasteiger partial charge in [-0.25, -0.2) is 13.2 Å². The number of halogens is 5. The lowest BCUT2D eigenvalue weighted by molar-refractivity contribution is -0.134. The molecule has 3 nitrogen and oxygen atoms in total.